The van der Waals surface area contributed by atoms with Crippen LogP contribution >= 0.6 is 11.8 Å². The molecule has 4 nitrogen and oxygen atoms in total. The zero-order valence-corrected chi connectivity index (χ0v) is 16.4. The first kappa shape index (κ1) is 19.6. The highest BCUT2D eigenvalue weighted by atomic mass is 32.2. The lowest BCUT2D eigenvalue weighted by atomic mass is 10.1. The molecular formula is C20H29N3OS. The molecule has 0 saturated carbocycles. The second kappa shape index (κ2) is 10.3. The first-order valence-electron chi connectivity index (χ1n) is 9.09. The number of imidazole rings is 1. The third kappa shape index (κ3) is 6.24. The highest BCUT2D eigenvalue weighted by Gasteiger charge is 2.12. The number of aromatic nitrogens is 2. The summed E-state index contributed by atoms with van der Waals surface area (Å²) in [5, 5.41) is 3.97. The molecule has 1 aromatic heterocycles. The van der Waals surface area contributed by atoms with Crippen molar-refractivity contribution in [3.63, 3.8) is 0 Å². The summed E-state index contributed by atoms with van der Waals surface area (Å²) in [7, 11) is 0. The Morgan fingerprint density at radius 2 is 1.96 bits per heavy atom. The molecule has 136 valence electrons. The molecule has 2 aromatic rings. The van der Waals surface area contributed by atoms with Crippen LogP contribution in [0.25, 0.3) is 0 Å². The SMILES string of the molecule is CCCCn1c(SCC(=O)NCCCc2ccccc2)nc(C)c1C. The zero-order chi connectivity index (χ0) is 18.1. The van der Waals surface area contributed by atoms with Crippen molar-refractivity contribution in [2.75, 3.05) is 12.3 Å². The minimum atomic E-state index is 0.0819. The average molecular weight is 360 g/mol. The van der Waals surface area contributed by atoms with Crippen LogP contribution in [-0.2, 0) is 17.8 Å². The molecule has 0 radical (unpaired) electrons. The average Bonchev–Trinajstić information content (AvgIpc) is 2.90. The van der Waals surface area contributed by atoms with Gasteiger partial charge in [0.1, 0.15) is 0 Å². The lowest BCUT2D eigenvalue weighted by Gasteiger charge is -2.09. The number of unbranched alkanes of at least 4 members (excludes halogenated alkanes) is 1. The molecule has 5 heteroatoms. The van der Waals surface area contributed by atoms with E-state index in [1.165, 1.54) is 23.0 Å². The fraction of sp³-hybridized carbons (Fsp3) is 0.500. The van der Waals surface area contributed by atoms with Gasteiger partial charge in [0.2, 0.25) is 5.91 Å². The number of hydrogen-bond donors (Lipinski definition) is 1. The Bertz CT molecular complexity index is 667. The summed E-state index contributed by atoms with van der Waals surface area (Å²) in [4.78, 5) is 16.7. The molecule has 1 amide bonds. The number of nitrogens with zero attached hydrogens (tertiary/aromatic N) is 2. The molecule has 0 bridgehead atoms. The van der Waals surface area contributed by atoms with E-state index >= 15 is 0 Å². The Hall–Kier alpha value is -1.75. The Morgan fingerprint density at radius 3 is 2.68 bits per heavy atom. The van der Waals surface area contributed by atoms with Gasteiger partial charge in [0.05, 0.1) is 11.4 Å². The molecule has 0 saturated heterocycles. The standard InChI is InChI=1S/C20H29N3OS/c1-4-5-14-23-17(3)16(2)22-20(23)25-15-19(24)21-13-9-12-18-10-7-6-8-11-18/h6-8,10-11H,4-5,9,12-15H2,1-3H3,(H,21,24). The number of carbonyl (C=O) groups excluding carboxylic acids is 1. The van der Waals surface area contributed by atoms with E-state index in [-0.39, 0.29) is 5.91 Å². The molecule has 0 aliphatic heterocycles. The molecule has 2 rings (SSSR count). The van der Waals surface area contributed by atoms with Crippen molar-refractivity contribution in [1.82, 2.24) is 14.9 Å². The first-order chi connectivity index (χ1) is 12.1. The Labute approximate surface area is 155 Å². The summed E-state index contributed by atoms with van der Waals surface area (Å²) < 4.78 is 2.24. The van der Waals surface area contributed by atoms with Gasteiger partial charge in [-0.05, 0) is 38.7 Å². The minimum absolute atomic E-state index is 0.0819. The minimum Gasteiger partial charge on any atom is -0.355 e. The van der Waals surface area contributed by atoms with Crippen LogP contribution in [0, 0.1) is 13.8 Å². The summed E-state index contributed by atoms with van der Waals surface area (Å²) in [6.07, 6.45) is 4.25. The predicted octanol–water partition coefficient (Wildman–Crippen LogP) is 4.14. The molecule has 0 unspecified atom stereocenters. The molecule has 0 atom stereocenters. The van der Waals surface area contributed by atoms with Gasteiger partial charge in [0, 0.05) is 18.8 Å². The van der Waals surface area contributed by atoms with Crippen molar-refractivity contribution in [3.8, 4) is 0 Å². The molecule has 1 N–H and O–H groups in total. The molecule has 1 heterocycles. The number of hydrogen-bond acceptors (Lipinski definition) is 3. The second-order valence-corrected chi connectivity index (χ2v) is 7.24. The van der Waals surface area contributed by atoms with Crippen LogP contribution in [0.15, 0.2) is 35.5 Å². The van der Waals surface area contributed by atoms with Gasteiger partial charge in [-0.2, -0.15) is 0 Å². The van der Waals surface area contributed by atoms with E-state index in [0.717, 1.165) is 49.6 Å². The van der Waals surface area contributed by atoms with Gasteiger partial charge in [0.25, 0.3) is 0 Å². The second-order valence-electron chi connectivity index (χ2n) is 6.30. The van der Waals surface area contributed by atoms with Crippen LogP contribution in [0.1, 0.15) is 43.1 Å². The molecular weight excluding hydrogens is 330 g/mol. The van der Waals surface area contributed by atoms with Gasteiger partial charge in [0.15, 0.2) is 5.16 Å². The number of amides is 1. The molecule has 25 heavy (non-hydrogen) atoms. The topological polar surface area (TPSA) is 46.9 Å². The maximum absolute atomic E-state index is 12.1. The fourth-order valence-electron chi connectivity index (χ4n) is 2.66. The van der Waals surface area contributed by atoms with E-state index in [9.17, 15) is 4.79 Å². The molecule has 0 aliphatic carbocycles. The van der Waals surface area contributed by atoms with Crippen LogP contribution in [0.4, 0.5) is 0 Å². The third-order valence-corrected chi connectivity index (χ3v) is 5.27. The monoisotopic (exact) mass is 359 g/mol. The van der Waals surface area contributed by atoms with Crippen molar-refractivity contribution in [2.24, 2.45) is 0 Å². The molecule has 0 fully saturated rings. The Morgan fingerprint density at radius 1 is 1.20 bits per heavy atom. The predicted molar refractivity (Wildman–Crippen MR) is 105 cm³/mol. The maximum Gasteiger partial charge on any atom is 0.230 e. The lowest BCUT2D eigenvalue weighted by molar-refractivity contribution is -0.118. The molecule has 0 spiro atoms. The van der Waals surface area contributed by atoms with Gasteiger partial charge in [-0.1, -0.05) is 55.4 Å². The zero-order valence-electron chi connectivity index (χ0n) is 15.5. The summed E-state index contributed by atoms with van der Waals surface area (Å²) in [6, 6.07) is 10.4. The van der Waals surface area contributed by atoms with E-state index in [4.69, 9.17) is 0 Å². The van der Waals surface area contributed by atoms with Crippen LogP contribution < -0.4 is 5.32 Å². The molecule has 0 aliphatic rings. The number of aryl methyl sites for hydroxylation is 2. The van der Waals surface area contributed by atoms with Crippen molar-refractivity contribution in [1.29, 1.82) is 0 Å². The highest BCUT2D eigenvalue weighted by molar-refractivity contribution is 7.99. The van der Waals surface area contributed by atoms with Gasteiger partial charge < -0.3 is 9.88 Å². The first-order valence-corrected chi connectivity index (χ1v) is 10.1. The van der Waals surface area contributed by atoms with Gasteiger partial charge in [-0.15, -0.1) is 0 Å². The number of nitrogens with one attached hydrogen (secondary N) is 1. The lowest BCUT2D eigenvalue weighted by Crippen LogP contribution is -2.26. The summed E-state index contributed by atoms with van der Waals surface area (Å²) in [5.74, 6) is 0.506. The van der Waals surface area contributed by atoms with Crippen molar-refractivity contribution >= 4 is 17.7 Å². The number of rotatable bonds is 10. The third-order valence-electron chi connectivity index (χ3n) is 4.30. The van der Waals surface area contributed by atoms with Crippen molar-refractivity contribution in [3.05, 3.63) is 47.3 Å². The number of carbonyl (C=O) groups is 1. The van der Waals surface area contributed by atoms with E-state index < -0.39 is 0 Å². The Balaban J connectivity index is 1.73. The van der Waals surface area contributed by atoms with Gasteiger partial charge >= 0.3 is 0 Å². The smallest absolute Gasteiger partial charge is 0.230 e. The van der Waals surface area contributed by atoms with E-state index in [2.05, 4.69) is 53.0 Å². The van der Waals surface area contributed by atoms with Crippen LogP contribution in [0.2, 0.25) is 0 Å². The fourth-order valence-corrected chi connectivity index (χ4v) is 3.61. The van der Waals surface area contributed by atoms with Crippen LogP contribution in [-0.4, -0.2) is 27.8 Å². The molecule has 1 aromatic carbocycles. The summed E-state index contributed by atoms with van der Waals surface area (Å²) in [5.41, 5.74) is 3.58. The van der Waals surface area contributed by atoms with Gasteiger partial charge in [-0.3, -0.25) is 4.79 Å². The number of thioether (sulfide) groups is 1. The number of benzene rings is 1. The highest BCUT2D eigenvalue weighted by Crippen LogP contribution is 2.21. The van der Waals surface area contributed by atoms with Crippen molar-refractivity contribution < 1.29 is 4.79 Å². The van der Waals surface area contributed by atoms with E-state index in [0.29, 0.717) is 5.75 Å². The Kier molecular flexibility index (Phi) is 8.06. The largest absolute Gasteiger partial charge is 0.355 e. The van der Waals surface area contributed by atoms with E-state index in [1.807, 2.05) is 13.0 Å². The van der Waals surface area contributed by atoms with Crippen LogP contribution in [0.3, 0.4) is 0 Å². The quantitative estimate of drug-likeness (QED) is 0.512. The summed E-state index contributed by atoms with van der Waals surface area (Å²) in [6.45, 7) is 8.02. The normalized spacial score (nSPS) is 10.8. The summed E-state index contributed by atoms with van der Waals surface area (Å²) >= 11 is 1.53. The van der Waals surface area contributed by atoms with Crippen molar-refractivity contribution in [2.45, 2.75) is 58.2 Å². The van der Waals surface area contributed by atoms with E-state index in [1.54, 1.807) is 0 Å². The van der Waals surface area contributed by atoms with Gasteiger partial charge in [-0.25, -0.2) is 4.98 Å². The van der Waals surface area contributed by atoms with Crippen LogP contribution in [0.5, 0.6) is 0 Å². The maximum atomic E-state index is 12.1.